The number of aromatic amines is 2. The Morgan fingerprint density at radius 3 is 2.64 bits per heavy atom. The molecule has 1 aliphatic heterocycles. The van der Waals surface area contributed by atoms with Crippen LogP contribution in [0.5, 0.6) is 0 Å². The number of imidazole rings is 1. The van der Waals surface area contributed by atoms with Crippen LogP contribution in [0.1, 0.15) is 12.8 Å². The molecule has 0 aliphatic carbocycles. The third-order valence-corrected chi connectivity index (χ3v) is 4.96. The molecule has 0 bridgehead atoms. The molecular weight excluding hydrogens is 314 g/mol. The molecule has 1 fully saturated rings. The van der Waals surface area contributed by atoms with Crippen LogP contribution in [0, 0.1) is 0 Å². The lowest BCUT2D eigenvalue weighted by atomic mass is 10.1. The van der Waals surface area contributed by atoms with Crippen LogP contribution in [-0.4, -0.2) is 18.1 Å². The fourth-order valence-electron chi connectivity index (χ4n) is 3.62. The second-order valence-electron chi connectivity index (χ2n) is 6.51. The number of hydrogen-bond donors (Lipinski definition) is 1. The van der Waals surface area contributed by atoms with Crippen LogP contribution in [0.15, 0.2) is 58.0 Å². The molecule has 3 heterocycles. The largest absolute Gasteiger partial charge is 0.451 e. The first kappa shape index (κ1) is 14.3. The van der Waals surface area contributed by atoms with E-state index in [1.807, 2.05) is 18.2 Å². The van der Waals surface area contributed by atoms with Crippen LogP contribution in [0.4, 0.5) is 5.69 Å². The zero-order valence-corrected chi connectivity index (χ0v) is 13.7. The van der Waals surface area contributed by atoms with Crippen molar-refractivity contribution < 1.29 is 9.40 Å². The van der Waals surface area contributed by atoms with Gasteiger partial charge in [0.15, 0.2) is 16.5 Å². The van der Waals surface area contributed by atoms with E-state index >= 15 is 0 Å². The van der Waals surface area contributed by atoms with Gasteiger partial charge in [0.25, 0.3) is 0 Å². The molecule has 5 nitrogen and oxygen atoms in total. The molecule has 2 aromatic heterocycles. The molecule has 5 heteroatoms. The highest BCUT2D eigenvalue weighted by Gasteiger charge is 2.15. The third kappa shape index (κ3) is 2.31. The molecule has 25 heavy (non-hydrogen) atoms. The van der Waals surface area contributed by atoms with E-state index in [4.69, 9.17) is 4.42 Å². The number of nitrogens with one attached hydrogen (secondary N) is 2. The van der Waals surface area contributed by atoms with Crippen molar-refractivity contribution in [2.75, 3.05) is 18.0 Å². The SMILES string of the molecule is O=c1cc(-c2ccc(N3CCCC3)cc2)oc2c1ccc1[nH]c[nH+]c12. The van der Waals surface area contributed by atoms with Gasteiger partial charge in [0.2, 0.25) is 11.8 Å². The predicted molar refractivity (Wildman–Crippen MR) is 97.8 cm³/mol. The minimum absolute atomic E-state index is 0.0311. The first-order valence-electron chi connectivity index (χ1n) is 8.61. The van der Waals surface area contributed by atoms with E-state index in [-0.39, 0.29) is 5.43 Å². The summed E-state index contributed by atoms with van der Waals surface area (Å²) in [5.74, 6) is 0.590. The van der Waals surface area contributed by atoms with Crippen molar-refractivity contribution >= 4 is 27.7 Å². The van der Waals surface area contributed by atoms with E-state index < -0.39 is 0 Å². The van der Waals surface area contributed by atoms with Gasteiger partial charge in [0.05, 0.1) is 5.39 Å². The number of rotatable bonds is 2. The molecule has 1 aliphatic rings. The summed E-state index contributed by atoms with van der Waals surface area (Å²) in [4.78, 5) is 21.1. The molecule has 0 radical (unpaired) electrons. The Labute approximate surface area is 143 Å². The molecular formula is C20H18N3O2+. The van der Waals surface area contributed by atoms with Gasteiger partial charge in [-0.15, -0.1) is 0 Å². The highest BCUT2D eigenvalue weighted by atomic mass is 16.3. The lowest BCUT2D eigenvalue weighted by Gasteiger charge is -2.17. The first-order valence-corrected chi connectivity index (χ1v) is 8.61. The van der Waals surface area contributed by atoms with Gasteiger partial charge in [0, 0.05) is 30.4 Å². The zero-order chi connectivity index (χ0) is 16.8. The molecule has 0 unspecified atom stereocenters. The van der Waals surface area contributed by atoms with Gasteiger partial charge in [-0.05, 0) is 49.2 Å². The lowest BCUT2D eigenvalue weighted by molar-refractivity contribution is -0.343. The summed E-state index contributed by atoms with van der Waals surface area (Å²) in [6.45, 7) is 2.23. The predicted octanol–water partition coefficient (Wildman–Crippen LogP) is 3.36. The van der Waals surface area contributed by atoms with E-state index in [1.54, 1.807) is 18.5 Å². The molecule has 124 valence electrons. The van der Waals surface area contributed by atoms with Crippen molar-refractivity contribution in [2.45, 2.75) is 12.8 Å². The van der Waals surface area contributed by atoms with Gasteiger partial charge < -0.3 is 9.32 Å². The number of hydrogen-bond acceptors (Lipinski definition) is 3. The fourth-order valence-corrected chi connectivity index (χ4v) is 3.62. The Balaban J connectivity index is 1.63. The van der Waals surface area contributed by atoms with Gasteiger partial charge in [-0.25, -0.2) is 9.97 Å². The topological polar surface area (TPSA) is 63.4 Å². The number of H-pyrrole nitrogens is 2. The number of aromatic nitrogens is 2. The maximum atomic E-state index is 12.5. The Bertz CT molecular complexity index is 1120. The Kier molecular flexibility index (Phi) is 3.13. The molecule has 0 atom stereocenters. The number of fused-ring (bicyclic) bond motifs is 3. The van der Waals surface area contributed by atoms with Gasteiger partial charge in [-0.3, -0.25) is 4.79 Å². The molecule has 0 saturated carbocycles. The second kappa shape index (κ2) is 5.48. The average Bonchev–Trinajstić information content (AvgIpc) is 3.33. The minimum atomic E-state index is -0.0311. The summed E-state index contributed by atoms with van der Waals surface area (Å²) in [6.07, 6.45) is 4.25. The van der Waals surface area contributed by atoms with Crippen LogP contribution in [0.3, 0.4) is 0 Å². The van der Waals surface area contributed by atoms with E-state index in [1.165, 1.54) is 18.5 Å². The quantitative estimate of drug-likeness (QED) is 0.612. The van der Waals surface area contributed by atoms with Crippen molar-refractivity contribution in [1.29, 1.82) is 0 Å². The van der Waals surface area contributed by atoms with Crippen molar-refractivity contribution in [3.8, 4) is 11.3 Å². The van der Waals surface area contributed by atoms with Crippen molar-refractivity contribution in [3.05, 3.63) is 59.0 Å². The molecule has 2 N–H and O–H groups in total. The van der Waals surface area contributed by atoms with Crippen LogP contribution in [0.25, 0.3) is 33.3 Å². The smallest absolute Gasteiger partial charge is 0.240 e. The molecule has 1 saturated heterocycles. The highest BCUT2D eigenvalue weighted by Crippen LogP contribution is 2.28. The molecule has 0 amide bonds. The Hall–Kier alpha value is -3.08. The minimum Gasteiger partial charge on any atom is -0.451 e. The summed E-state index contributed by atoms with van der Waals surface area (Å²) < 4.78 is 6.10. The van der Waals surface area contributed by atoms with E-state index in [2.05, 4.69) is 27.0 Å². The molecule has 4 aromatic rings. The number of nitrogens with zero attached hydrogens (tertiary/aromatic N) is 1. The van der Waals surface area contributed by atoms with E-state index in [0.29, 0.717) is 16.7 Å². The van der Waals surface area contributed by atoms with Gasteiger partial charge in [0.1, 0.15) is 5.76 Å². The second-order valence-corrected chi connectivity index (χ2v) is 6.51. The summed E-state index contributed by atoms with van der Waals surface area (Å²) in [5, 5.41) is 0.584. The highest BCUT2D eigenvalue weighted by molar-refractivity contribution is 5.98. The average molecular weight is 332 g/mol. The normalized spacial score (nSPS) is 14.6. The zero-order valence-electron chi connectivity index (χ0n) is 13.7. The maximum Gasteiger partial charge on any atom is 0.240 e. The van der Waals surface area contributed by atoms with Gasteiger partial charge >= 0.3 is 0 Å². The van der Waals surface area contributed by atoms with Crippen LogP contribution in [0.2, 0.25) is 0 Å². The van der Waals surface area contributed by atoms with Gasteiger partial charge in [-0.2, -0.15) is 0 Å². The lowest BCUT2D eigenvalue weighted by Crippen LogP contribution is -2.17. The van der Waals surface area contributed by atoms with Crippen molar-refractivity contribution in [3.63, 3.8) is 0 Å². The Morgan fingerprint density at radius 2 is 1.84 bits per heavy atom. The monoisotopic (exact) mass is 332 g/mol. The first-order chi connectivity index (χ1) is 12.3. The standard InChI is InChI=1S/C20H17N3O2/c24-17-11-18(13-3-5-14(6-4-13)23-9-1-2-10-23)25-20-15(17)7-8-16-19(20)22-12-21-16/h3-8,11-12H,1-2,9-10H2,(H,21,22)/p+1. The maximum absolute atomic E-state index is 12.5. The summed E-state index contributed by atoms with van der Waals surface area (Å²) in [6, 6.07) is 13.5. The number of benzene rings is 2. The van der Waals surface area contributed by atoms with Crippen LogP contribution >= 0.6 is 0 Å². The third-order valence-electron chi connectivity index (χ3n) is 4.96. The molecule has 2 aromatic carbocycles. The van der Waals surface area contributed by atoms with Crippen LogP contribution < -0.4 is 15.3 Å². The van der Waals surface area contributed by atoms with Crippen molar-refractivity contribution in [1.82, 2.24) is 4.98 Å². The molecule has 5 rings (SSSR count). The van der Waals surface area contributed by atoms with E-state index in [0.717, 1.165) is 29.7 Å². The number of anilines is 1. The van der Waals surface area contributed by atoms with Crippen LogP contribution in [-0.2, 0) is 0 Å². The summed E-state index contributed by atoms with van der Waals surface area (Å²) >= 11 is 0. The van der Waals surface area contributed by atoms with E-state index in [9.17, 15) is 4.79 Å². The summed E-state index contributed by atoms with van der Waals surface area (Å²) in [7, 11) is 0. The van der Waals surface area contributed by atoms with Crippen molar-refractivity contribution in [2.24, 2.45) is 0 Å². The van der Waals surface area contributed by atoms with Gasteiger partial charge in [-0.1, -0.05) is 0 Å². The molecule has 0 spiro atoms. The summed E-state index contributed by atoms with van der Waals surface area (Å²) in [5.41, 5.74) is 4.42. The Morgan fingerprint density at radius 1 is 1.04 bits per heavy atom. The fraction of sp³-hybridized carbons (Fsp3) is 0.200.